The molecule has 0 aliphatic rings. The molecule has 0 saturated heterocycles. The average molecular weight is 516 g/mol. The number of hydrogen-bond acceptors (Lipinski definition) is 3. The molecule has 0 atom stereocenters. The third-order valence-electron chi connectivity index (χ3n) is 4.53. The lowest BCUT2D eigenvalue weighted by molar-refractivity contribution is -0.121. The summed E-state index contributed by atoms with van der Waals surface area (Å²) in [4.78, 5) is 12.6. The van der Waals surface area contributed by atoms with Crippen molar-refractivity contribution in [2.45, 2.75) is 18.0 Å². The monoisotopic (exact) mass is 514 g/mol. The van der Waals surface area contributed by atoms with Crippen LogP contribution in [0.1, 0.15) is 11.1 Å². The summed E-state index contributed by atoms with van der Waals surface area (Å²) in [7, 11) is -4.04. The molecule has 3 aromatic carbocycles. The Hall–Kier alpha value is -2.16. The van der Waals surface area contributed by atoms with Gasteiger partial charge in [0.2, 0.25) is 15.9 Å². The van der Waals surface area contributed by atoms with E-state index >= 15 is 0 Å². The molecule has 5 nitrogen and oxygen atoms in total. The van der Waals surface area contributed by atoms with Crippen molar-refractivity contribution >= 4 is 50.7 Å². The summed E-state index contributed by atoms with van der Waals surface area (Å²) in [6, 6.07) is 15.9. The highest BCUT2D eigenvalue weighted by Crippen LogP contribution is 2.22. The van der Waals surface area contributed by atoms with E-state index in [2.05, 4.69) is 5.32 Å². The summed E-state index contributed by atoms with van der Waals surface area (Å²) in [5.41, 5.74) is 1.16. The minimum absolute atomic E-state index is 0.0162. The number of carbonyl (C=O) groups excluding carboxylic acids is 1. The predicted octanol–water partition coefficient (Wildman–Crippen LogP) is 5.29. The molecular weight excluding hydrogens is 498 g/mol. The van der Waals surface area contributed by atoms with Crippen LogP contribution in [0.3, 0.4) is 0 Å². The van der Waals surface area contributed by atoms with Gasteiger partial charge in [0.25, 0.3) is 0 Å². The number of halogens is 4. The van der Waals surface area contributed by atoms with E-state index in [1.54, 1.807) is 18.2 Å². The van der Waals surface area contributed by atoms with Gasteiger partial charge < -0.3 is 5.32 Å². The van der Waals surface area contributed by atoms with E-state index < -0.39 is 28.3 Å². The minimum atomic E-state index is -4.04. The lowest BCUT2D eigenvalue weighted by atomic mass is 10.2. The number of benzene rings is 3. The fourth-order valence-electron chi connectivity index (χ4n) is 2.85. The lowest BCUT2D eigenvalue weighted by Crippen LogP contribution is -2.40. The standard InChI is InChI=1S/C22H18Cl3FN2O3S/c23-17-5-9-20(10-6-17)32(30,31)28(13-15-1-7-19(26)8-2-15)14-22(29)27-12-16-3-4-18(24)11-21(16)25/h1-11H,12-14H2,(H,27,29). The molecule has 0 saturated carbocycles. The molecule has 0 radical (unpaired) electrons. The molecule has 3 rings (SSSR count). The third-order valence-corrected chi connectivity index (χ3v) is 7.18. The Labute approximate surface area is 200 Å². The number of sulfonamides is 1. The highest BCUT2D eigenvalue weighted by Gasteiger charge is 2.27. The van der Waals surface area contributed by atoms with Crippen molar-refractivity contribution in [1.82, 2.24) is 9.62 Å². The minimum Gasteiger partial charge on any atom is -0.351 e. The maximum atomic E-state index is 13.3. The van der Waals surface area contributed by atoms with Crippen LogP contribution in [0, 0.1) is 5.82 Å². The van der Waals surface area contributed by atoms with Gasteiger partial charge in [-0.1, -0.05) is 53.0 Å². The molecule has 3 aromatic rings. The van der Waals surface area contributed by atoms with Crippen molar-refractivity contribution in [3.8, 4) is 0 Å². The van der Waals surface area contributed by atoms with Crippen LogP contribution in [0.15, 0.2) is 71.6 Å². The predicted molar refractivity (Wildman–Crippen MR) is 124 cm³/mol. The molecule has 32 heavy (non-hydrogen) atoms. The first-order valence-corrected chi connectivity index (χ1v) is 11.9. The van der Waals surface area contributed by atoms with Gasteiger partial charge in [-0.15, -0.1) is 0 Å². The summed E-state index contributed by atoms with van der Waals surface area (Å²) >= 11 is 17.9. The van der Waals surface area contributed by atoms with Crippen molar-refractivity contribution in [2.24, 2.45) is 0 Å². The average Bonchev–Trinajstić information content (AvgIpc) is 2.74. The smallest absolute Gasteiger partial charge is 0.243 e. The molecule has 1 amide bonds. The van der Waals surface area contributed by atoms with Crippen LogP contribution >= 0.6 is 34.8 Å². The molecule has 1 N–H and O–H groups in total. The second-order valence-electron chi connectivity index (χ2n) is 6.87. The van der Waals surface area contributed by atoms with E-state index in [4.69, 9.17) is 34.8 Å². The van der Waals surface area contributed by atoms with E-state index in [0.717, 1.165) is 4.31 Å². The fourth-order valence-corrected chi connectivity index (χ4v) is 4.84. The molecular formula is C22H18Cl3FN2O3S. The molecule has 0 heterocycles. The first-order chi connectivity index (χ1) is 15.1. The Morgan fingerprint density at radius 1 is 0.906 bits per heavy atom. The molecule has 168 valence electrons. The van der Waals surface area contributed by atoms with Crippen LogP contribution in [-0.4, -0.2) is 25.2 Å². The van der Waals surface area contributed by atoms with Gasteiger partial charge in [0.15, 0.2) is 0 Å². The third kappa shape index (κ3) is 6.43. The summed E-state index contributed by atoms with van der Waals surface area (Å²) in [5.74, 6) is -0.978. The van der Waals surface area contributed by atoms with E-state index in [1.807, 2.05) is 0 Å². The molecule has 10 heteroatoms. The maximum absolute atomic E-state index is 13.3. The SMILES string of the molecule is O=C(CN(Cc1ccc(F)cc1)S(=O)(=O)c1ccc(Cl)cc1)NCc1ccc(Cl)cc1Cl. The molecule has 0 fully saturated rings. The summed E-state index contributed by atoms with van der Waals surface area (Å²) in [5, 5.41) is 3.89. The fraction of sp³-hybridized carbons (Fsp3) is 0.136. The van der Waals surface area contributed by atoms with Gasteiger partial charge in [-0.2, -0.15) is 4.31 Å². The van der Waals surface area contributed by atoms with Crippen LogP contribution < -0.4 is 5.32 Å². The van der Waals surface area contributed by atoms with Crippen molar-refractivity contribution in [1.29, 1.82) is 0 Å². The summed E-state index contributed by atoms with van der Waals surface area (Å²) in [6.07, 6.45) is 0. The summed E-state index contributed by atoms with van der Waals surface area (Å²) in [6.45, 7) is -0.478. The Balaban J connectivity index is 1.80. The van der Waals surface area contributed by atoms with Gasteiger partial charge in [0.05, 0.1) is 11.4 Å². The van der Waals surface area contributed by atoms with Crippen LogP contribution in [0.5, 0.6) is 0 Å². The van der Waals surface area contributed by atoms with E-state index in [1.165, 1.54) is 48.5 Å². The Morgan fingerprint density at radius 2 is 1.53 bits per heavy atom. The van der Waals surface area contributed by atoms with Crippen LogP contribution in [-0.2, 0) is 27.9 Å². The van der Waals surface area contributed by atoms with E-state index in [9.17, 15) is 17.6 Å². The highest BCUT2D eigenvalue weighted by molar-refractivity contribution is 7.89. The summed E-state index contributed by atoms with van der Waals surface area (Å²) < 4.78 is 40.7. The number of hydrogen-bond donors (Lipinski definition) is 1. The first kappa shape index (κ1) is 24.5. The molecule has 0 bridgehead atoms. The lowest BCUT2D eigenvalue weighted by Gasteiger charge is -2.22. The zero-order chi connectivity index (χ0) is 23.3. The van der Waals surface area contributed by atoms with E-state index in [0.29, 0.717) is 26.2 Å². The van der Waals surface area contributed by atoms with Gasteiger partial charge >= 0.3 is 0 Å². The molecule has 0 spiro atoms. The number of nitrogens with one attached hydrogen (secondary N) is 1. The van der Waals surface area contributed by atoms with Crippen LogP contribution in [0.4, 0.5) is 4.39 Å². The van der Waals surface area contributed by atoms with Crippen molar-refractivity contribution in [3.63, 3.8) is 0 Å². The van der Waals surface area contributed by atoms with Gasteiger partial charge in [0.1, 0.15) is 5.82 Å². The Kier molecular flexibility index (Phi) is 8.14. The number of carbonyl (C=O) groups is 1. The zero-order valence-corrected chi connectivity index (χ0v) is 19.6. The maximum Gasteiger partial charge on any atom is 0.243 e. The largest absolute Gasteiger partial charge is 0.351 e. The number of rotatable bonds is 8. The number of amides is 1. The quantitative estimate of drug-likeness (QED) is 0.443. The second-order valence-corrected chi connectivity index (χ2v) is 10.1. The Morgan fingerprint density at radius 3 is 2.16 bits per heavy atom. The zero-order valence-electron chi connectivity index (χ0n) is 16.6. The van der Waals surface area contributed by atoms with Crippen LogP contribution in [0.25, 0.3) is 0 Å². The van der Waals surface area contributed by atoms with Crippen LogP contribution in [0.2, 0.25) is 15.1 Å². The second kappa shape index (κ2) is 10.6. The van der Waals surface area contributed by atoms with Crippen molar-refractivity contribution in [3.05, 3.63) is 98.7 Å². The van der Waals surface area contributed by atoms with Gasteiger partial charge in [-0.25, -0.2) is 12.8 Å². The van der Waals surface area contributed by atoms with E-state index in [-0.39, 0.29) is 18.0 Å². The molecule has 0 aliphatic heterocycles. The Bertz CT molecular complexity index is 1200. The van der Waals surface area contributed by atoms with Gasteiger partial charge in [0, 0.05) is 28.2 Å². The van der Waals surface area contributed by atoms with Gasteiger partial charge in [-0.05, 0) is 59.7 Å². The molecule has 0 unspecified atom stereocenters. The van der Waals surface area contributed by atoms with Crippen molar-refractivity contribution in [2.75, 3.05) is 6.54 Å². The number of nitrogens with zero attached hydrogens (tertiary/aromatic N) is 1. The topological polar surface area (TPSA) is 66.5 Å². The molecule has 0 aliphatic carbocycles. The van der Waals surface area contributed by atoms with Crippen molar-refractivity contribution < 1.29 is 17.6 Å². The highest BCUT2D eigenvalue weighted by atomic mass is 35.5. The van der Waals surface area contributed by atoms with Gasteiger partial charge in [-0.3, -0.25) is 4.79 Å². The molecule has 0 aromatic heterocycles. The normalized spacial score (nSPS) is 11.5. The first-order valence-electron chi connectivity index (χ1n) is 9.36.